The Morgan fingerprint density at radius 1 is 1.30 bits per heavy atom. The number of aromatic nitrogens is 2. The molecule has 3 rings (SSSR count). The molecule has 7 heteroatoms. The van der Waals surface area contributed by atoms with E-state index in [1.54, 1.807) is 22.9 Å². The Bertz CT molecular complexity index is 780. The topological polar surface area (TPSA) is 92.6 Å². The Labute approximate surface area is 133 Å². The minimum atomic E-state index is -0.118. The highest BCUT2D eigenvalue weighted by atomic mass is 16.5. The second kappa shape index (κ2) is 6.37. The van der Waals surface area contributed by atoms with Crippen molar-refractivity contribution in [1.29, 1.82) is 5.41 Å². The fourth-order valence-corrected chi connectivity index (χ4v) is 2.84. The summed E-state index contributed by atoms with van der Waals surface area (Å²) in [7, 11) is 0. The van der Waals surface area contributed by atoms with E-state index in [0.717, 1.165) is 31.6 Å². The molecule has 0 saturated carbocycles. The van der Waals surface area contributed by atoms with Crippen molar-refractivity contribution in [2.24, 2.45) is 4.99 Å². The highest BCUT2D eigenvalue weighted by molar-refractivity contribution is 6.19. The van der Waals surface area contributed by atoms with Crippen molar-refractivity contribution in [3.8, 4) is 0 Å². The van der Waals surface area contributed by atoms with E-state index in [-0.39, 0.29) is 24.5 Å². The molecule has 0 fully saturated rings. The Balaban J connectivity index is 1.97. The van der Waals surface area contributed by atoms with Gasteiger partial charge in [0.2, 0.25) is 0 Å². The number of rotatable bonds is 4. The summed E-state index contributed by atoms with van der Waals surface area (Å²) in [5, 5.41) is 16.6. The molecule has 0 saturated heterocycles. The SMILES string of the molecule is Cc1c(N=C2C=CC(=N)C(OCCO)=C2)c(=O)n2n1CCCC2. The minimum absolute atomic E-state index is 0.0741. The van der Waals surface area contributed by atoms with Crippen LogP contribution in [0.2, 0.25) is 0 Å². The molecule has 1 aliphatic carbocycles. The van der Waals surface area contributed by atoms with Crippen LogP contribution in [0.1, 0.15) is 18.5 Å². The number of nitrogens with zero attached hydrogens (tertiary/aromatic N) is 3. The van der Waals surface area contributed by atoms with E-state index in [9.17, 15) is 4.79 Å². The number of nitrogens with one attached hydrogen (secondary N) is 1. The largest absolute Gasteiger partial charge is 0.489 e. The van der Waals surface area contributed by atoms with Crippen molar-refractivity contribution >= 4 is 17.1 Å². The Kier molecular flexibility index (Phi) is 4.29. The molecule has 1 aromatic rings. The third-order valence-electron chi connectivity index (χ3n) is 4.00. The zero-order valence-electron chi connectivity index (χ0n) is 13.1. The van der Waals surface area contributed by atoms with Crippen molar-refractivity contribution in [2.45, 2.75) is 32.9 Å². The number of aliphatic hydroxyl groups excluding tert-OH is 1. The third-order valence-corrected chi connectivity index (χ3v) is 4.00. The molecule has 122 valence electrons. The van der Waals surface area contributed by atoms with Gasteiger partial charge in [0.1, 0.15) is 12.4 Å². The second-order valence-electron chi connectivity index (χ2n) is 5.56. The molecule has 0 amide bonds. The van der Waals surface area contributed by atoms with Gasteiger partial charge in [-0.15, -0.1) is 0 Å². The van der Waals surface area contributed by atoms with Crippen LogP contribution in [0.15, 0.2) is 33.8 Å². The summed E-state index contributed by atoms with van der Waals surface area (Å²) in [5.41, 5.74) is 2.02. The van der Waals surface area contributed by atoms with Gasteiger partial charge in [-0.2, -0.15) is 0 Å². The van der Waals surface area contributed by atoms with Gasteiger partial charge in [0, 0.05) is 19.2 Å². The Morgan fingerprint density at radius 2 is 2.04 bits per heavy atom. The van der Waals surface area contributed by atoms with Gasteiger partial charge in [-0.25, -0.2) is 9.67 Å². The number of ether oxygens (including phenoxy) is 1. The summed E-state index contributed by atoms with van der Waals surface area (Å²) in [6, 6.07) is 0. The molecule has 0 spiro atoms. The lowest BCUT2D eigenvalue weighted by Gasteiger charge is -2.17. The molecule has 0 bridgehead atoms. The molecule has 2 aliphatic rings. The molecule has 1 aromatic heterocycles. The lowest BCUT2D eigenvalue weighted by Crippen LogP contribution is -2.27. The summed E-state index contributed by atoms with van der Waals surface area (Å²) < 4.78 is 9.06. The normalized spacial score (nSPS) is 19.0. The summed E-state index contributed by atoms with van der Waals surface area (Å²) in [5.74, 6) is 0.349. The quantitative estimate of drug-likeness (QED) is 0.820. The number of allylic oxidation sites excluding steroid dienone is 3. The molecule has 23 heavy (non-hydrogen) atoms. The minimum Gasteiger partial charge on any atom is -0.489 e. The van der Waals surface area contributed by atoms with E-state index in [0.29, 0.717) is 17.2 Å². The molecule has 2 N–H and O–H groups in total. The third kappa shape index (κ3) is 2.92. The van der Waals surface area contributed by atoms with Gasteiger partial charge in [-0.3, -0.25) is 14.9 Å². The first-order chi connectivity index (χ1) is 11.1. The molecule has 0 unspecified atom stereocenters. The average Bonchev–Trinajstić information content (AvgIpc) is 2.81. The van der Waals surface area contributed by atoms with Crippen molar-refractivity contribution in [3.63, 3.8) is 0 Å². The van der Waals surface area contributed by atoms with Crippen molar-refractivity contribution in [2.75, 3.05) is 13.2 Å². The van der Waals surface area contributed by atoms with E-state index >= 15 is 0 Å². The summed E-state index contributed by atoms with van der Waals surface area (Å²) in [6.07, 6.45) is 6.97. The maximum atomic E-state index is 12.5. The lowest BCUT2D eigenvalue weighted by molar-refractivity contribution is 0.156. The van der Waals surface area contributed by atoms with Crippen molar-refractivity contribution in [1.82, 2.24) is 9.36 Å². The predicted molar refractivity (Wildman–Crippen MR) is 87.7 cm³/mol. The van der Waals surface area contributed by atoms with Gasteiger partial charge in [-0.05, 0) is 31.9 Å². The summed E-state index contributed by atoms with van der Waals surface area (Å²) >= 11 is 0. The second-order valence-corrected chi connectivity index (χ2v) is 5.56. The van der Waals surface area contributed by atoms with Crippen LogP contribution in [0.4, 0.5) is 5.69 Å². The van der Waals surface area contributed by atoms with Crippen molar-refractivity contribution < 1.29 is 9.84 Å². The monoisotopic (exact) mass is 316 g/mol. The van der Waals surface area contributed by atoms with E-state index in [2.05, 4.69) is 4.99 Å². The summed E-state index contributed by atoms with van der Waals surface area (Å²) in [6.45, 7) is 3.48. The van der Waals surface area contributed by atoms with Crippen LogP contribution in [0, 0.1) is 12.3 Å². The van der Waals surface area contributed by atoms with Gasteiger partial charge in [0.15, 0.2) is 5.69 Å². The van der Waals surface area contributed by atoms with Gasteiger partial charge >= 0.3 is 0 Å². The van der Waals surface area contributed by atoms with Crippen LogP contribution >= 0.6 is 0 Å². The molecule has 0 atom stereocenters. The molecule has 0 aromatic carbocycles. The van der Waals surface area contributed by atoms with Crippen molar-refractivity contribution in [3.05, 3.63) is 40.0 Å². The molecule has 7 nitrogen and oxygen atoms in total. The number of fused-ring (bicyclic) bond motifs is 1. The van der Waals surface area contributed by atoms with E-state index in [1.165, 1.54) is 0 Å². The maximum Gasteiger partial charge on any atom is 0.292 e. The zero-order chi connectivity index (χ0) is 16.4. The molecular weight excluding hydrogens is 296 g/mol. The first-order valence-corrected chi connectivity index (χ1v) is 7.73. The van der Waals surface area contributed by atoms with Crippen LogP contribution in [0.5, 0.6) is 0 Å². The lowest BCUT2D eigenvalue weighted by atomic mass is 10.1. The van der Waals surface area contributed by atoms with E-state index in [4.69, 9.17) is 15.3 Å². The first-order valence-electron chi connectivity index (χ1n) is 7.73. The van der Waals surface area contributed by atoms with E-state index < -0.39 is 0 Å². The average molecular weight is 316 g/mol. The highest BCUT2D eigenvalue weighted by Crippen LogP contribution is 2.20. The standard InChI is InChI=1S/C16H20N4O3/c1-11-15(16(22)20-7-3-2-6-19(11)20)18-12-4-5-13(17)14(10-12)23-9-8-21/h4-5,10,17,21H,2-3,6-9H2,1H3. The number of hydrogen-bond acceptors (Lipinski definition) is 5. The van der Waals surface area contributed by atoms with Crippen LogP contribution in [-0.2, 0) is 17.8 Å². The van der Waals surface area contributed by atoms with E-state index in [1.807, 2.05) is 11.6 Å². The van der Waals surface area contributed by atoms with Gasteiger partial charge in [-0.1, -0.05) is 0 Å². The zero-order valence-corrected chi connectivity index (χ0v) is 13.1. The predicted octanol–water partition coefficient (Wildman–Crippen LogP) is 1.31. The van der Waals surface area contributed by atoms with Gasteiger partial charge < -0.3 is 9.84 Å². The highest BCUT2D eigenvalue weighted by Gasteiger charge is 2.19. The smallest absolute Gasteiger partial charge is 0.292 e. The van der Waals surface area contributed by atoms with Crippen LogP contribution in [0.25, 0.3) is 0 Å². The molecule has 1 aliphatic heterocycles. The number of aliphatic imine (C=N–C) groups is 1. The van der Waals surface area contributed by atoms with Crippen LogP contribution in [-0.4, -0.2) is 39.1 Å². The van der Waals surface area contributed by atoms with Crippen LogP contribution in [0.3, 0.4) is 0 Å². The molecule has 2 heterocycles. The van der Waals surface area contributed by atoms with Gasteiger partial charge in [0.25, 0.3) is 5.56 Å². The summed E-state index contributed by atoms with van der Waals surface area (Å²) in [4.78, 5) is 17.0. The fourth-order valence-electron chi connectivity index (χ4n) is 2.84. The Morgan fingerprint density at radius 3 is 2.74 bits per heavy atom. The van der Waals surface area contributed by atoms with Crippen LogP contribution < -0.4 is 5.56 Å². The first kappa shape index (κ1) is 15.5. The fraction of sp³-hybridized carbons (Fsp3) is 0.438. The van der Waals surface area contributed by atoms with Gasteiger partial charge in [0.05, 0.1) is 23.7 Å². The number of hydrogen-bond donors (Lipinski definition) is 2. The maximum absolute atomic E-state index is 12.5. The number of aliphatic hydroxyl groups is 1. The Hall–Kier alpha value is -2.41. The molecular formula is C16H20N4O3. The molecule has 0 radical (unpaired) electrons.